The first-order chi connectivity index (χ1) is 12.2. The monoisotopic (exact) mass is 521 g/mol. The zero-order chi connectivity index (χ0) is 19.2. The summed E-state index contributed by atoms with van der Waals surface area (Å²) in [6.45, 7) is 2.95. The van der Waals surface area contributed by atoms with Gasteiger partial charge in [-0.3, -0.25) is 4.99 Å². The Labute approximate surface area is 173 Å². The Hall–Kier alpha value is -1.24. The van der Waals surface area contributed by atoms with Crippen LogP contribution in [0.2, 0.25) is 0 Å². The second-order valence-electron chi connectivity index (χ2n) is 5.95. The van der Waals surface area contributed by atoms with E-state index in [9.17, 15) is 21.6 Å². The number of ether oxygens (including phenoxy) is 1. The number of hydrogen-bond donors (Lipinski definition) is 2. The number of nitrogens with one attached hydrogen (secondary N) is 2. The summed E-state index contributed by atoms with van der Waals surface area (Å²) >= 11 is 0. The van der Waals surface area contributed by atoms with E-state index in [1.165, 1.54) is 12.1 Å². The van der Waals surface area contributed by atoms with E-state index < -0.39 is 16.2 Å². The van der Waals surface area contributed by atoms with Crippen LogP contribution >= 0.6 is 24.0 Å². The average Bonchev–Trinajstić information content (AvgIpc) is 2.86. The first kappa shape index (κ1) is 23.8. The van der Waals surface area contributed by atoms with Gasteiger partial charge in [0, 0.05) is 19.1 Å². The summed E-state index contributed by atoms with van der Waals surface area (Å²) in [7, 11) is -2.97. The van der Waals surface area contributed by atoms with Crippen LogP contribution < -0.4 is 15.4 Å². The van der Waals surface area contributed by atoms with Crippen molar-refractivity contribution in [2.75, 3.05) is 24.6 Å². The molecule has 1 unspecified atom stereocenters. The summed E-state index contributed by atoms with van der Waals surface area (Å²) < 4.78 is 63.2. The third kappa shape index (κ3) is 9.00. The number of guanidine groups is 1. The average molecular weight is 521 g/mol. The molecule has 1 fully saturated rings. The predicted molar refractivity (Wildman–Crippen MR) is 108 cm³/mol. The number of hydrogen-bond acceptors (Lipinski definition) is 4. The number of sulfone groups is 1. The van der Waals surface area contributed by atoms with Crippen LogP contribution in [0.5, 0.6) is 5.75 Å². The van der Waals surface area contributed by atoms with Gasteiger partial charge in [0.15, 0.2) is 15.8 Å². The minimum absolute atomic E-state index is 0. The molecule has 6 nitrogen and oxygen atoms in total. The van der Waals surface area contributed by atoms with E-state index in [4.69, 9.17) is 0 Å². The van der Waals surface area contributed by atoms with Gasteiger partial charge < -0.3 is 15.4 Å². The molecular weight excluding hydrogens is 498 g/mol. The normalized spacial score (nSPS) is 19.3. The van der Waals surface area contributed by atoms with Crippen molar-refractivity contribution in [3.05, 3.63) is 29.8 Å². The smallest absolute Gasteiger partial charge is 0.406 e. The molecule has 1 aliphatic rings. The highest BCUT2D eigenvalue weighted by atomic mass is 127. The summed E-state index contributed by atoms with van der Waals surface area (Å²) in [5, 5.41) is 6.17. The van der Waals surface area contributed by atoms with Crippen LogP contribution in [0.4, 0.5) is 13.2 Å². The molecule has 1 aromatic carbocycles. The van der Waals surface area contributed by atoms with Crippen LogP contribution in [0.3, 0.4) is 0 Å². The molecule has 0 bridgehead atoms. The number of rotatable bonds is 6. The van der Waals surface area contributed by atoms with Crippen LogP contribution in [0.25, 0.3) is 0 Å². The quantitative estimate of drug-likeness (QED) is 0.342. The SMILES string of the molecule is CCNC(=NCCc1ccc(OC(F)(F)F)cc1)NC1CCS(=O)(=O)C1.I. The third-order valence-electron chi connectivity index (χ3n) is 3.74. The maximum atomic E-state index is 12.1. The van der Waals surface area contributed by atoms with Crippen LogP contribution in [0.1, 0.15) is 18.9 Å². The molecule has 0 saturated carbocycles. The molecule has 0 aliphatic carbocycles. The summed E-state index contributed by atoms with van der Waals surface area (Å²) in [6, 6.07) is 5.48. The highest BCUT2D eigenvalue weighted by Gasteiger charge is 2.31. The lowest BCUT2D eigenvalue weighted by Gasteiger charge is -2.15. The van der Waals surface area contributed by atoms with E-state index in [1.54, 1.807) is 12.1 Å². The standard InChI is InChI=1S/C16H22F3N3O3S.HI/c1-2-20-15(22-13-8-10-26(23,24)11-13)21-9-7-12-3-5-14(6-4-12)25-16(17,18)19;/h3-6,13H,2,7-11H2,1H3,(H2,20,21,22);1H. The Morgan fingerprint density at radius 1 is 1.30 bits per heavy atom. The highest BCUT2D eigenvalue weighted by molar-refractivity contribution is 14.0. The van der Waals surface area contributed by atoms with E-state index in [2.05, 4.69) is 20.4 Å². The fourth-order valence-electron chi connectivity index (χ4n) is 2.58. The van der Waals surface area contributed by atoms with Crippen molar-refractivity contribution in [2.45, 2.75) is 32.2 Å². The van der Waals surface area contributed by atoms with Crippen molar-refractivity contribution in [3.63, 3.8) is 0 Å². The van der Waals surface area contributed by atoms with Gasteiger partial charge in [-0.2, -0.15) is 0 Å². The van der Waals surface area contributed by atoms with Gasteiger partial charge in [0.1, 0.15) is 5.75 Å². The summed E-state index contributed by atoms with van der Waals surface area (Å²) in [4.78, 5) is 4.39. The second kappa shape index (κ2) is 10.3. The Balaban J connectivity index is 0.00000364. The predicted octanol–water partition coefficient (Wildman–Crippen LogP) is 2.49. The van der Waals surface area contributed by atoms with Crippen molar-refractivity contribution in [2.24, 2.45) is 4.99 Å². The number of benzene rings is 1. The lowest BCUT2D eigenvalue weighted by atomic mass is 10.1. The van der Waals surface area contributed by atoms with Gasteiger partial charge in [-0.05, 0) is 37.5 Å². The number of nitrogens with zero attached hydrogens (tertiary/aromatic N) is 1. The Morgan fingerprint density at radius 2 is 1.96 bits per heavy atom. The highest BCUT2D eigenvalue weighted by Crippen LogP contribution is 2.22. The molecule has 0 aromatic heterocycles. The van der Waals surface area contributed by atoms with Crippen molar-refractivity contribution < 1.29 is 26.3 Å². The maximum Gasteiger partial charge on any atom is 0.573 e. The molecular formula is C16H23F3IN3O3S. The van der Waals surface area contributed by atoms with Crippen LogP contribution in [-0.4, -0.2) is 51.4 Å². The molecule has 11 heteroatoms. The van der Waals surface area contributed by atoms with Crippen molar-refractivity contribution in [1.29, 1.82) is 0 Å². The van der Waals surface area contributed by atoms with Gasteiger partial charge in [0.2, 0.25) is 0 Å². The Kier molecular flexibility index (Phi) is 9.12. The molecule has 154 valence electrons. The fraction of sp³-hybridized carbons (Fsp3) is 0.562. The first-order valence-electron chi connectivity index (χ1n) is 8.27. The van der Waals surface area contributed by atoms with Crippen molar-refractivity contribution >= 4 is 39.8 Å². The zero-order valence-electron chi connectivity index (χ0n) is 14.8. The summed E-state index contributed by atoms with van der Waals surface area (Å²) in [5.41, 5.74) is 0.822. The van der Waals surface area contributed by atoms with E-state index >= 15 is 0 Å². The third-order valence-corrected chi connectivity index (χ3v) is 5.51. The van der Waals surface area contributed by atoms with Crippen LogP contribution in [0, 0.1) is 0 Å². The van der Waals surface area contributed by atoms with Crippen LogP contribution in [0.15, 0.2) is 29.3 Å². The molecule has 0 spiro atoms. The summed E-state index contributed by atoms with van der Waals surface area (Å²) in [6.07, 6.45) is -3.62. The Morgan fingerprint density at radius 3 is 2.48 bits per heavy atom. The second-order valence-corrected chi connectivity index (χ2v) is 8.18. The van der Waals surface area contributed by atoms with E-state index in [1.807, 2.05) is 6.92 Å². The van der Waals surface area contributed by atoms with Crippen LogP contribution in [-0.2, 0) is 16.3 Å². The van der Waals surface area contributed by atoms with Gasteiger partial charge in [0.25, 0.3) is 0 Å². The minimum atomic E-state index is -4.70. The largest absolute Gasteiger partial charge is 0.573 e. The van der Waals surface area contributed by atoms with Gasteiger partial charge in [-0.25, -0.2) is 8.42 Å². The molecule has 1 heterocycles. The Bertz CT molecular complexity index is 725. The molecule has 1 saturated heterocycles. The molecule has 2 rings (SSSR count). The lowest BCUT2D eigenvalue weighted by Crippen LogP contribution is -2.44. The molecule has 1 atom stereocenters. The summed E-state index contributed by atoms with van der Waals surface area (Å²) in [5.74, 6) is 0.544. The van der Waals surface area contributed by atoms with E-state index in [0.717, 1.165) is 5.56 Å². The molecule has 0 amide bonds. The number of halogens is 4. The van der Waals surface area contributed by atoms with E-state index in [0.29, 0.717) is 31.9 Å². The van der Waals surface area contributed by atoms with Crippen molar-refractivity contribution in [3.8, 4) is 5.75 Å². The zero-order valence-corrected chi connectivity index (χ0v) is 17.9. The van der Waals surface area contributed by atoms with Gasteiger partial charge in [-0.15, -0.1) is 37.1 Å². The van der Waals surface area contributed by atoms with E-state index in [-0.39, 0.29) is 47.3 Å². The number of aliphatic imine (C=N–C) groups is 1. The van der Waals surface area contributed by atoms with Gasteiger partial charge in [0.05, 0.1) is 11.5 Å². The number of alkyl halides is 3. The van der Waals surface area contributed by atoms with Crippen molar-refractivity contribution in [1.82, 2.24) is 10.6 Å². The molecule has 1 aromatic rings. The molecule has 27 heavy (non-hydrogen) atoms. The molecule has 2 N–H and O–H groups in total. The minimum Gasteiger partial charge on any atom is -0.406 e. The maximum absolute atomic E-state index is 12.1. The fourth-order valence-corrected chi connectivity index (χ4v) is 4.25. The lowest BCUT2D eigenvalue weighted by molar-refractivity contribution is -0.274. The first-order valence-corrected chi connectivity index (χ1v) is 10.1. The van der Waals surface area contributed by atoms with Gasteiger partial charge in [-0.1, -0.05) is 12.1 Å². The van der Waals surface area contributed by atoms with Gasteiger partial charge >= 0.3 is 6.36 Å². The molecule has 1 aliphatic heterocycles. The topological polar surface area (TPSA) is 79.8 Å². The molecule has 0 radical (unpaired) electrons.